The summed E-state index contributed by atoms with van der Waals surface area (Å²) in [5.41, 5.74) is -0.327. The zero-order chi connectivity index (χ0) is 22.3. The number of carbonyl (C=O) groups is 5. The molecule has 0 aliphatic carbocycles. The first-order valence-corrected chi connectivity index (χ1v) is 9.48. The molecule has 0 aromatic heterocycles. The highest BCUT2D eigenvalue weighted by molar-refractivity contribution is 6.08. The maximum absolute atomic E-state index is 12.5. The van der Waals surface area contributed by atoms with E-state index in [-0.39, 0.29) is 0 Å². The molecule has 1 aromatic carbocycles. The summed E-state index contributed by atoms with van der Waals surface area (Å²) in [6, 6.07) is 5.28. The second-order valence-electron chi connectivity index (χ2n) is 7.03. The number of esters is 2. The third kappa shape index (κ3) is 5.56. The Balaban J connectivity index is 1.82. The van der Waals surface area contributed by atoms with Crippen LogP contribution in [0.3, 0.4) is 0 Å². The molecule has 0 radical (unpaired) electrons. The number of urea groups is 1. The molecule has 2 rings (SSSR count). The third-order valence-electron chi connectivity index (χ3n) is 4.62. The Morgan fingerprint density at radius 3 is 2.43 bits per heavy atom. The Hall–Kier alpha value is -3.43. The molecule has 1 fully saturated rings. The Morgan fingerprint density at radius 1 is 1.17 bits per heavy atom. The second-order valence-corrected chi connectivity index (χ2v) is 7.03. The SMILES string of the molecule is CCCC[C@@]1(C)NC(=O)N(CC(=O)OCC(=O)Nc2ccc(C(=O)OC)cc2)C1=O. The van der Waals surface area contributed by atoms with Crippen LogP contribution in [-0.2, 0) is 23.9 Å². The van der Waals surface area contributed by atoms with Gasteiger partial charge >= 0.3 is 18.0 Å². The molecule has 1 aliphatic heterocycles. The summed E-state index contributed by atoms with van der Waals surface area (Å²) < 4.78 is 9.45. The second kappa shape index (κ2) is 9.86. The summed E-state index contributed by atoms with van der Waals surface area (Å²) in [6.45, 7) is 2.42. The van der Waals surface area contributed by atoms with Crippen molar-refractivity contribution in [2.75, 3.05) is 25.6 Å². The Labute approximate surface area is 173 Å². The highest BCUT2D eigenvalue weighted by Crippen LogP contribution is 2.23. The monoisotopic (exact) mass is 419 g/mol. The van der Waals surface area contributed by atoms with Crippen LogP contribution in [0.15, 0.2) is 24.3 Å². The number of hydrogen-bond acceptors (Lipinski definition) is 7. The molecule has 0 saturated carbocycles. The fourth-order valence-corrected chi connectivity index (χ4v) is 2.92. The summed E-state index contributed by atoms with van der Waals surface area (Å²) in [6.07, 6.45) is 2.08. The molecule has 1 aromatic rings. The van der Waals surface area contributed by atoms with Crippen molar-refractivity contribution in [1.29, 1.82) is 0 Å². The molecule has 10 heteroatoms. The maximum atomic E-state index is 12.5. The van der Waals surface area contributed by atoms with Crippen molar-refractivity contribution in [2.45, 2.75) is 38.6 Å². The van der Waals surface area contributed by atoms with Gasteiger partial charge < -0.3 is 20.1 Å². The van der Waals surface area contributed by atoms with Crippen LogP contribution in [0, 0.1) is 0 Å². The molecule has 0 spiro atoms. The number of nitrogens with zero attached hydrogens (tertiary/aromatic N) is 1. The largest absolute Gasteiger partial charge is 0.465 e. The van der Waals surface area contributed by atoms with Crippen molar-refractivity contribution in [1.82, 2.24) is 10.2 Å². The fraction of sp³-hybridized carbons (Fsp3) is 0.450. The van der Waals surface area contributed by atoms with E-state index in [9.17, 15) is 24.0 Å². The van der Waals surface area contributed by atoms with Gasteiger partial charge in [-0.25, -0.2) is 9.59 Å². The molecular weight excluding hydrogens is 394 g/mol. The van der Waals surface area contributed by atoms with Gasteiger partial charge in [-0.2, -0.15) is 0 Å². The maximum Gasteiger partial charge on any atom is 0.337 e. The lowest BCUT2D eigenvalue weighted by atomic mass is 9.95. The zero-order valence-corrected chi connectivity index (χ0v) is 17.1. The van der Waals surface area contributed by atoms with Crippen LogP contribution in [0.4, 0.5) is 10.5 Å². The predicted octanol–water partition coefficient (Wildman–Crippen LogP) is 1.46. The van der Waals surface area contributed by atoms with Crippen LogP contribution in [0.25, 0.3) is 0 Å². The van der Waals surface area contributed by atoms with Crippen molar-refractivity contribution < 1.29 is 33.4 Å². The number of amides is 4. The summed E-state index contributed by atoms with van der Waals surface area (Å²) in [7, 11) is 1.26. The minimum Gasteiger partial charge on any atom is -0.465 e. The predicted molar refractivity (Wildman–Crippen MR) is 106 cm³/mol. The first-order valence-electron chi connectivity index (χ1n) is 9.48. The molecule has 4 amide bonds. The lowest BCUT2D eigenvalue weighted by molar-refractivity contribution is -0.150. The van der Waals surface area contributed by atoms with Gasteiger partial charge in [0.2, 0.25) is 0 Å². The standard InChI is InChI=1S/C20H25N3O7/c1-4-5-10-20(2)18(27)23(19(28)22-20)11-16(25)30-12-15(24)21-14-8-6-13(7-9-14)17(26)29-3/h6-9H,4-5,10-12H2,1-3H3,(H,21,24)(H,22,28)/t20-/m1/s1. The average molecular weight is 419 g/mol. The van der Waals surface area contributed by atoms with E-state index in [1.54, 1.807) is 6.92 Å². The minimum absolute atomic E-state index is 0.321. The molecule has 10 nitrogen and oxygen atoms in total. The molecule has 30 heavy (non-hydrogen) atoms. The highest BCUT2D eigenvalue weighted by Gasteiger charge is 2.47. The van der Waals surface area contributed by atoms with E-state index in [4.69, 9.17) is 4.74 Å². The quantitative estimate of drug-likeness (QED) is 0.457. The molecule has 1 atom stereocenters. The van der Waals surface area contributed by atoms with Crippen molar-refractivity contribution in [3.05, 3.63) is 29.8 Å². The normalized spacial score (nSPS) is 18.0. The lowest BCUT2D eigenvalue weighted by Gasteiger charge is -2.21. The van der Waals surface area contributed by atoms with Crippen molar-refractivity contribution in [3.63, 3.8) is 0 Å². The number of methoxy groups -OCH3 is 1. The zero-order valence-electron chi connectivity index (χ0n) is 17.1. The van der Waals surface area contributed by atoms with Crippen LogP contribution in [0.2, 0.25) is 0 Å². The smallest absolute Gasteiger partial charge is 0.337 e. The van der Waals surface area contributed by atoms with E-state index < -0.39 is 48.5 Å². The number of unbranched alkanes of at least 4 members (excludes halogenated alkanes) is 1. The van der Waals surface area contributed by atoms with Gasteiger partial charge in [0, 0.05) is 5.69 Å². The van der Waals surface area contributed by atoms with Gasteiger partial charge in [-0.05, 0) is 37.6 Å². The fourth-order valence-electron chi connectivity index (χ4n) is 2.92. The van der Waals surface area contributed by atoms with Crippen molar-refractivity contribution in [2.24, 2.45) is 0 Å². The molecule has 0 unspecified atom stereocenters. The van der Waals surface area contributed by atoms with E-state index in [0.29, 0.717) is 17.7 Å². The number of anilines is 1. The van der Waals surface area contributed by atoms with E-state index in [0.717, 1.165) is 17.7 Å². The van der Waals surface area contributed by atoms with Crippen molar-refractivity contribution in [3.8, 4) is 0 Å². The number of ether oxygens (including phenoxy) is 2. The summed E-state index contributed by atoms with van der Waals surface area (Å²) in [5, 5.41) is 5.10. The van der Waals surface area contributed by atoms with Gasteiger partial charge in [0.25, 0.3) is 11.8 Å². The van der Waals surface area contributed by atoms with Crippen LogP contribution < -0.4 is 10.6 Å². The van der Waals surface area contributed by atoms with E-state index in [2.05, 4.69) is 15.4 Å². The topological polar surface area (TPSA) is 131 Å². The minimum atomic E-state index is -1.04. The first-order chi connectivity index (χ1) is 14.2. The molecule has 1 heterocycles. The Bertz CT molecular complexity index is 837. The highest BCUT2D eigenvalue weighted by atomic mass is 16.5. The Morgan fingerprint density at radius 2 is 1.83 bits per heavy atom. The number of imide groups is 1. The summed E-state index contributed by atoms with van der Waals surface area (Å²) in [5.74, 6) is -2.49. The van der Waals surface area contributed by atoms with Crippen LogP contribution in [0.5, 0.6) is 0 Å². The molecule has 162 valence electrons. The number of hydrogen-bond donors (Lipinski definition) is 2. The Kier molecular flexibility index (Phi) is 7.51. The van der Waals surface area contributed by atoms with Crippen LogP contribution >= 0.6 is 0 Å². The van der Waals surface area contributed by atoms with Gasteiger partial charge in [-0.3, -0.25) is 19.3 Å². The molecule has 2 N–H and O–H groups in total. The molecule has 1 aliphatic rings. The van der Waals surface area contributed by atoms with Crippen LogP contribution in [0.1, 0.15) is 43.5 Å². The van der Waals surface area contributed by atoms with E-state index in [1.165, 1.54) is 31.4 Å². The van der Waals surface area contributed by atoms with Gasteiger partial charge in [0.05, 0.1) is 12.7 Å². The number of benzene rings is 1. The number of nitrogens with one attached hydrogen (secondary N) is 2. The first kappa shape index (κ1) is 22.9. The summed E-state index contributed by atoms with van der Waals surface area (Å²) in [4.78, 5) is 60.6. The number of carbonyl (C=O) groups excluding carboxylic acids is 5. The van der Waals surface area contributed by atoms with Gasteiger partial charge in [0.1, 0.15) is 12.1 Å². The molecular formula is C20H25N3O7. The van der Waals surface area contributed by atoms with Gasteiger partial charge in [-0.1, -0.05) is 19.8 Å². The van der Waals surface area contributed by atoms with E-state index >= 15 is 0 Å². The van der Waals surface area contributed by atoms with Crippen LogP contribution in [-0.4, -0.2) is 60.5 Å². The molecule has 1 saturated heterocycles. The number of rotatable bonds is 9. The third-order valence-corrected chi connectivity index (χ3v) is 4.62. The summed E-state index contributed by atoms with van der Waals surface area (Å²) >= 11 is 0. The molecule has 0 bridgehead atoms. The van der Waals surface area contributed by atoms with Crippen molar-refractivity contribution >= 4 is 35.5 Å². The van der Waals surface area contributed by atoms with Gasteiger partial charge in [0.15, 0.2) is 6.61 Å². The van der Waals surface area contributed by atoms with E-state index in [1.807, 2.05) is 6.92 Å². The van der Waals surface area contributed by atoms with Gasteiger partial charge in [-0.15, -0.1) is 0 Å². The lowest BCUT2D eigenvalue weighted by Crippen LogP contribution is -2.44. The average Bonchev–Trinajstić information content (AvgIpc) is 2.94.